The fourth-order valence-corrected chi connectivity index (χ4v) is 2.60. The van der Waals surface area contributed by atoms with Crippen LogP contribution >= 0.6 is 0 Å². The Morgan fingerprint density at radius 2 is 1.75 bits per heavy atom. The molecule has 0 spiro atoms. The maximum absolute atomic E-state index is 13.1. The van der Waals surface area contributed by atoms with Gasteiger partial charge in [-0.1, -0.05) is 42.0 Å². The highest BCUT2D eigenvalue weighted by Gasteiger charge is 2.33. The third-order valence-corrected chi connectivity index (χ3v) is 4.10. The Hall–Kier alpha value is -3.35. The van der Waals surface area contributed by atoms with Crippen LogP contribution in [-0.2, 0) is 12.7 Å². The maximum Gasteiger partial charge on any atom is 0.418 e. The predicted octanol–water partition coefficient (Wildman–Crippen LogP) is 5.27. The molecule has 0 radical (unpaired) electrons. The number of nitrogens with zero attached hydrogens (tertiary/aromatic N) is 1. The van der Waals surface area contributed by atoms with Crippen LogP contribution < -0.4 is 10.6 Å². The van der Waals surface area contributed by atoms with Gasteiger partial charge in [-0.3, -0.25) is 9.78 Å². The number of aromatic nitrogens is 1. The van der Waals surface area contributed by atoms with Gasteiger partial charge in [-0.15, -0.1) is 0 Å². The molecule has 0 fully saturated rings. The minimum atomic E-state index is -4.56. The monoisotopic (exact) mass is 385 g/mol. The molecule has 0 bridgehead atoms. The zero-order valence-electron chi connectivity index (χ0n) is 15.0. The van der Waals surface area contributed by atoms with E-state index in [1.807, 2.05) is 31.2 Å². The van der Waals surface area contributed by atoms with Crippen molar-refractivity contribution in [3.05, 3.63) is 89.2 Å². The summed E-state index contributed by atoms with van der Waals surface area (Å²) in [6.07, 6.45) is -1.70. The molecule has 2 N–H and O–H groups in total. The van der Waals surface area contributed by atoms with Crippen LogP contribution in [0.15, 0.2) is 67.0 Å². The summed E-state index contributed by atoms with van der Waals surface area (Å²) in [6, 6.07) is 14.4. The van der Waals surface area contributed by atoms with Crippen molar-refractivity contribution in [2.45, 2.75) is 19.6 Å². The number of nitrogens with one attached hydrogen (secondary N) is 2. The van der Waals surface area contributed by atoms with E-state index in [0.717, 1.165) is 17.2 Å². The molecule has 0 aliphatic carbocycles. The molecule has 1 aromatic heterocycles. The minimum Gasteiger partial charge on any atom is -0.380 e. The first-order chi connectivity index (χ1) is 13.3. The first-order valence-electron chi connectivity index (χ1n) is 8.55. The smallest absolute Gasteiger partial charge is 0.380 e. The van der Waals surface area contributed by atoms with Gasteiger partial charge in [-0.05, 0) is 30.7 Å². The van der Waals surface area contributed by atoms with E-state index >= 15 is 0 Å². The number of aryl methyl sites for hydroxylation is 1. The first-order valence-corrected chi connectivity index (χ1v) is 8.55. The van der Waals surface area contributed by atoms with E-state index in [1.165, 1.54) is 24.4 Å². The fraction of sp³-hybridized carbons (Fsp3) is 0.143. The number of amides is 1. The molecule has 3 rings (SSSR count). The van der Waals surface area contributed by atoms with Crippen molar-refractivity contribution in [1.29, 1.82) is 0 Å². The van der Waals surface area contributed by atoms with E-state index in [0.29, 0.717) is 12.2 Å². The average Bonchev–Trinajstić information content (AvgIpc) is 2.67. The lowest BCUT2D eigenvalue weighted by Crippen LogP contribution is -2.17. The van der Waals surface area contributed by atoms with Gasteiger partial charge < -0.3 is 10.6 Å². The van der Waals surface area contributed by atoms with Gasteiger partial charge in [-0.2, -0.15) is 13.2 Å². The second-order valence-corrected chi connectivity index (χ2v) is 6.30. The topological polar surface area (TPSA) is 54.0 Å². The fourth-order valence-electron chi connectivity index (χ4n) is 2.60. The lowest BCUT2D eigenvalue weighted by atomic mass is 10.1. The first kappa shape index (κ1) is 19.4. The molecule has 0 aliphatic heterocycles. The van der Waals surface area contributed by atoms with Gasteiger partial charge in [0.05, 0.1) is 22.5 Å². The highest BCUT2D eigenvalue weighted by atomic mass is 19.4. The van der Waals surface area contributed by atoms with Gasteiger partial charge in [0.1, 0.15) is 0 Å². The van der Waals surface area contributed by atoms with Crippen molar-refractivity contribution in [2.75, 3.05) is 10.6 Å². The SMILES string of the molecule is Cc1ccc(CNc2cncc(C(=O)Nc3ccccc3C(F)(F)F)c2)cc1. The number of anilines is 2. The molecular formula is C21H18F3N3O. The number of rotatable bonds is 5. The number of carbonyl (C=O) groups is 1. The summed E-state index contributed by atoms with van der Waals surface area (Å²) in [5.74, 6) is -0.664. The van der Waals surface area contributed by atoms with E-state index in [1.54, 1.807) is 12.3 Å². The van der Waals surface area contributed by atoms with Crippen LogP contribution in [0.2, 0.25) is 0 Å². The Balaban J connectivity index is 1.72. The average molecular weight is 385 g/mol. The Morgan fingerprint density at radius 1 is 1.04 bits per heavy atom. The maximum atomic E-state index is 13.1. The van der Waals surface area contributed by atoms with Crippen LogP contribution in [0.4, 0.5) is 24.5 Å². The lowest BCUT2D eigenvalue weighted by molar-refractivity contribution is -0.136. The van der Waals surface area contributed by atoms with Crippen molar-refractivity contribution < 1.29 is 18.0 Å². The molecule has 28 heavy (non-hydrogen) atoms. The van der Waals surface area contributed by atoms with Crippen LogP contribution in [0.25, 0.3) is 0 Å². The summed E-state index contributed by atoms with van der Waals surface area (Å²) < 4.78 is 39.2. The highest BCUT2D eigenvalue weighted by molar-refractivity contribution is 6.05. The molecule has 0 atom stereocenters. The standard InChI is InChI=1S/C21H18F3N3O/c1-14-6-8-15(9-7-14)11-26-17-10-16(12-25-13-17)20(28)27-19-5-3-2-4-18(19)21(22,23)24/h2-10,12-13,26H,11H2,1H3,(H,27,28). The van der Waals surface area contributed by atoms with E-state index < -0.39 is 17.6 Å². The van der Waals surface area contributed by atoms with Gasteiger partial charge in [0.15, 0.2) is 0 Å². The van der Waals surface area contributed by atoms with Crippen molar-refractivity contribution in [2.24, 2.45) is 0 Å². The van der Waals surface area contributed by atoms with Crippen LogP contribution in [0, 0.1) is 6.92 Å². The summed E-state index contributed by atoms with van der Waals surface area (Å²) in [7, 11) is 0. The van der Waals surface area contributed by atoms with Crippen LogP contribution in [0.1, 0.15) is 27.0 Å². The number of benzene rings is 2. The van der Waals surface area contributed by atoms with Crippen molar-refractivity contribution >= 4 is 17.3 Å². The number of hydrogen-bond acceptors (Lipinski definition) is 3. The van der Waals surface area contributed by atoms with Crippen molar-refractivity contribution in [1.82, 2.24) is 4.98 Å². The third kappa shape index (κ3) is 4.88. The van der Waals surface area contributed by atoms with Crippen molar-refractivity contribution in [3.8, 4) is 0 Å². The van der Waals surface area contributed by atoms with Gasteiger partial charge in [0, 0.05) is 18.9 Å². The molecule has 0 unspecified atom stereocenters. The molecule has 0 saturated carbocycles. The molecule has 3 aromatic rings. The predicted molar refractivity (Wildman–Crippen MR) is 102 cm³/mol. The van der Waals surface area contributed by atoms with E-state index in [-0.39, 0.29) is 11.3 Å². The molecule has 1 heterocycles. The van der Waals surface area contributed by atoms with Crippen LogP contribution in [-0.4, -0.2) is 10.9 Å². The number of para-hydroxylation sites is 1. The number of carbonyl (C=O) groups excluding carboxylic acids is 1. The summed E-state index contributed by atoms with van der Waals surface area (Å²) in [6.45, 7) is 2.53. The summed E-state index contributed by atoms with van der Waals surface area (Å²) in [4.78, 5) is 16.4. The second kappa shape index (κ2) is 8.12. The zero-order valence-corrected chi connectivity index (χ0v) is 15.0. The van der Waals surface area contributed by atoms with E-state index in [4.69, 9.17) is 0 Å². The number of halogens is 3. The molecule has 4 nitrogen and oxygen atoms in total. The number of pyridine rings is 1. The molecule has 0 aliphatic rings. The summed E-state index contributed by atoms with van der Waals surface area (Å²) in [5, 5.41) is 5.47. The summed E-state index contributed by atoms with van der Waals surface area (Å²) in [5.41, 5.74) is 1.77. The normalized spacial score (nSPS) is 11.1. The van der Waals surface area contributed by atoms with Gasteiger partial charge in [0.25, 0.3) is 5.91 Å². The Labute approximate surface area is 160 Å². The molecular weight excluding hydrogens is 367 g/mol. The lowest BCUT2D eigenvalue weighted by Gasteiger charge is -2.14. The van der Waals surface area contributed by atoms with Crippen molar-refractivity contribution in [3.63, 3.8) is 0 Å². The largest absolute Gasteiger partial charge is 0.418 e. The Morgan fingerprint density at radius 3 is 2.46 bits per heavy atom. The third-order valence-electron chi connectivity index (χ3n) is 4.10. The van der Waals surface area contributed by atoms with Gasteiger partial charge in [-0.25, -0.2) is 0 Å². The second-order valence-electron chi connectivity index (χ2n) is 6.30. The van der Waals surface area contributed by atoms with Gasteiger partial charge in [0.2, 0.25) is 0 Å². The Bertz CT molecular complexity index is 969. The highest BCUT2D eigenvalue weighted by Crippen LogP contribution is 2.34. The minimum absolute atomic E-state index is 0.158. The molecule has 0 saturated heterocycles. The molecule has 1 amide bonds. The van der Waals surface area contributed by atoms with Crippen LogP contribution in [0.5, 0.6) is 0 Å². The number of hydrogen-bond donors (Lipinski definition) is 2. The Kier molecular flexibility index (Phi) is 5.63. The number of alkyl halides is 3. The van der Waals surface area contributed by atoms with E-state index in [2.05, 4.69) is 15.6 Å². The molecule has 144 valence electrons. The molecule has 2 aromatic carbocycles. The van der Waals surface area contributed by atoms with E-state index in [9.17, 15) is 18.0 Å². The van der Waals surface area contributed by atoms with Gasteiger partial charge >= 0.3 is 6.18 Å². The molecule has 7 heteroatoms. The summed E-state index contributed by atoms with van der Waals surface area (Å²) >= 11 is 0. The quantitative estimate of drug-likeness (QED) is 0.629. The van der Waals surface area contributed by atoms with Crippen LogP contribution in [0.3, 0.4) is 0 Å². The zero-order chi connectivity index (χ0) is 20.1.